The second kappa shape index (κ2) is 4.02. The van der Waals surface area contributed by atoms with E-state index in [2.05, 4.69) is 4.99 Å². The zero-order valence-corrected chi connectivity index (χ0v) is 11.4. The first kappa shape index (κ1) is 14.0. The monoisotopic (exact) mass is 274 g/mol. The lowest BCUT2D eigenvalue weighted by Gasteiger charge is -2.51. The van der Waals surface area contributed by atoms with Crippen molar-refractivity contribution in [3.05, 3.63) is 0 Å². The standard InChI is InChI=1S/C12H14N6O2/c1-7-4-8(19)18(17(2)3)12(6-14)9(15)16-10(20)11(7,12)5-13/h7H,4H2,1-3H3,(H2,15,16,20)/t7-,11+,12+/m1/s1. The Balaban J connectivity index is 2.84. The highest BCUT2D eigenvalue weighted by Crippen LogP contribution is 2.52. The molecule has 1 saturated heterocycles. The fourth-order valence-electron chi connectivity index (χ4n) is 3.12. The number of nitrogens with zero attached hydrogens (tertiary/aromatic N) is 5. The zero-order chi connectivity index (χ0) is 15.3. The zero-order valence-electron chi connectivity index (χ0n) is 11.4. The number of carbonyl (C=O) groups is 2. The molecule has 8 heteroatoms. The molecule has 104 valence electrons. The molecule has 2 heterocycles. The topological polar surface area (TPSA) is 127 Å². The van der Waals surface area contributed by atoms with Crippen LogP contribution in [0.2, 0.25) is 0 Å². The molecule has 0 aliphatic carbocycles. The number of amidine groups is 1. The Morgan fingerprint density at radius 1 is 1.40 bits per heavy atom. The van der Waals surface area contributed by atoms with Crippen LogP contribution in [-0.2, 0) is 9.59 Å². The van der Waals surface area contributed by atoms with Gasteiger partial charge in [-0.25, -0.2) is 10.0 Å². The summed E-state index contributed by atoms with van der Waals surface area (Å²) in [4.78, 5) is 28.1. The number of hydrazine groups is 1. The minimum Gasteiger partial charge on any atom is -0.384 e. The summed E-state index contributed by atoms with van der Waals surface area (Å²) < 4.78 is 0. The minimum atomic E-state index is -1.88. The summed E-state index contributed by atoms with van der Waals surface area (Å²) in [5, 5.41) is 21.7. The molecule has 0 aromatic carbocycles. The number of nitrogens with two attached hydrogens (primary N) is 1. The molecule has 2 rings (SSSR count). The van der Waals surface area contributed by atoms with Crippen LogP contribution < -0.4 is 5.73 Å². The van der Waals surface area contributed by atoms with Gasteiger partial charge in [0.05, 0.1) is 6.07 Å². The smallest absolute Gasteiger partial charge is 0.272 e. The van der Waals surface area contributed by atoms with Crippen molar-refractivity contribution in [2.75, 3.05) is 14.1 Å². The molecule has 0 bridgehead atoms. The molecular weight excluding hydrogens is 260 g/mol. The maximum Gasteiger partial charge on any atom is 0.272 e. The lowest BCUT2D eigenvalue weighted by molar-refractivity contribution is -0.171. The molecule has 2 aliphatic rings. The van der Waals surface area contributed by atoms with Gasteiger partial charge in [-0.3, -0.25) is 9.59 Å². The Morgan fingerprint density at radius 2 is 2.00 bits per heavy atom. The summed E-state index contributed by atoms with van der Waals surface area (Å²) in [7, 11) is 3.09. The molecule has 0 unspecified atom stereocenters. The van der Waals surface area contributed by atoms with E-state index >= 15 is 0 Å². The van der Waals surface area contributed by atoms with Gasteiger partial charge < -0.3 is 5.73 Å². The SMILES string of the molecule is C[C@@H]1CC(=O)N(N(C)C)[C@@]2(C#N)C(N)=NC(=O)[C@]12C#N. The van der Waals surface area contributed by atoms with Crippen LogP contribution in [0.25, 0.3) is 0 Å². The van der Waals surface area contributed by atoms with Crippen molar-refractivity contribution in [3.63, 3.8) is 0 Å². The second-order valence-corrected chi connectivity index (χ2v) is 5.20. The summed E-state index contributed by atoms with van der Waals surface area (Å²) in [5.74, 6) is -2.08. The number of carbonyl (C=O) groups excluding carboxylic acids is 2. The highest BCUT2D eigenvalue weighted by molar-refractivity contribution is 6.16. The molecular formula is C12H14N6O2. The lowest BCUT2D eigenvalue weighted by Crippen LogP contribution is -2.73. The number of hydrogen-bond donors (Lipinski definition) is 1. The summed E-state index contributed by atoms with van der Waals surface area (Å²) in [6.45, 7) is 1.59. The van der Waals surface area contributed by atoms with Crippen molar-refractivity contribution in [1.29, 1.82) is 10.5 Å². The van der Waals surface area contributed by atoms with Crippen LogP contribution in [0.5, 0.6) is 0 Å². The Hall–Kier alpha value is -2.45. The maximum atomic E-state index is 12.3. The third-order valence-electron chi connectivity index (χ3n) is 4.01. The summed E-state index contributed by atoms with van der Waals surface area (Å²) >= 11 is 0. The van der Waals surface area contributed by atoms with Crippen LogP contribution in [0, 0.1) is 34.0 Å². The maximum absolute atomic E-state index is 12.3. The van der Waals surface area contributed by atoms with Crippen molar-refractivity contribution < 1.29 is 9.59 Å². The third-order valence-corrected chi connectivity index (χ3v) is 4.01. The molecule has 3 atom stereocenters. The van der Waals surface area contributed by atoms with Gasteiger partial charge in [0.2, 0.25) is 11.4 Å². The Morgan fingerprint density at radius 3 is 2.45 bits per heavy atom. The molecule has 0 aromatic rings. The van der Waals surface area contributed by atoms with Gasteiger partial charge in [-0.1, -0.05) is 6.92 Å². The molecule has 1 fully saturated rings. The fraction of sp³-hybridized carbons (Fsp3) is 0.583. The summed E-state index contributed by atoms with van der Waals surface area (Å²) in [6, 6.07) is 3.83. The van der Waals surface area contributed by atoms with Crippen LogP contribution >= 0.6 is 0 Å². The molecule has 2 amide bonds. The fourth-order valence-corrected chi connectivity index (χ4v) is 3.12. The van der Waals surface area contributed by atoms with Crippen LogP contribution in [0.1, 0.15) is 13.3 Å². The van der Waals surface area contributed by atoms with E-state index in [1.54, 1.807) is 21.0 Å². The van der Waals surface area contributed by atoms with E-state index in [4.69, 9.17) is 5.73 Å². The Labute approximate surface area is 116 Å². The van der Waals surface area contributed by atoms with Crippen LogP contribution in [0.15, 0.2) is 4.99 Å². The molecule has 20 heavy (non-hydrogen) atoms. The number of rotatable bonds is 1. The number of piperidine rings is 1. The van der Waals surface area contributed by atoms with E-state index in [0.29, 0.717) is 0 Å². The average molecular weight is 274 g/mol. The van der Waals surface area contributed by atoms with Gasteiger partial charge in [0, 0.05) is 20.5 Å². The summed E-state index contributed by atoms with van der Waals surface area (Å²) in [5.41, 5.74) is 2.14. The highest BCUT2D eigenvalue weighted by Gasteiger charge is 2.74. The Bertz CT molecular complexity index is 612. The number of aliphatic imine (C=N–C) groups is 1. The van der Waals surface area contributed by atoms with Crippen molar-refractivity contribution in [1.82, 2.24) is 10.0 Å². The van der Waals surface area contributed by atoms with Crippen molar-refractivity contribution in [2.45, 2.75) is 18.9 Å². The number of hydrogen-bond acceptors (Lipinski definition) is 6. The number of fused-ring (bicyclic) bond motifs is 1. The van der Waals surface area contributed by atoms with Crippen LogP contribution in [-0.4, -0.2) is 47.3 Å². The van der Waals surface area contributed by atoms with E-state index < -0.39 is 22.8 Å². The van der Waals surface area contributed by atoms with E-state index in [1.165, 1.54) is 5.01 Å². The van der Waals surface area contributed by atoms with Crippen molar-refractivity contribution in [2.24, 2.45) is 22.1 Å². The summed E-state index contributed by atoms with van der Waals surface area (Å²) in [6.07, 6.45) is -0.0241. The van der Waals surface area contributed by atoms with Gasteiger partial charge in [-0.05, 0) is 5.92 Å². The van der Waals surface area contributed by atoms with Gasteiger partial charge in [0.1, 0.15) is 11.9 Å². The van der Waals surface area contributed by atoms with E-state index in [-0.39, 0.29) is 18.2 Å². The predicted octanol–water partition coefficient (Wildman–Crippen LogP) is -0.999. The van der Waals surface area contributed by atoms with Crippen LogP contribution in [0.4, 0.5) is 0 Å². The molecule has 0 radical (unpaired) electrons. The third kappa shape index (κ3) is 1.19. The molecule has 0 saturated carbocycles. The average Bonchev–Trinajstić information content (AvgIpc) is 2.58. The quantitative estimate of drug-likeness (QED) is 0.653. The molecule has 0 aromatic heterocycles. The lowest BCUT2D eigenvalue weighted by atomic mass is 9.60. The van der Waals surface area contributed by atoms with Gasteiger partial charge >= 0.3 is 0 Å². The minimum absolute atomic E-state index is 0.0241. The number of amides is 2. The molecule has 2 aliphatic heterocycles. The molecule has 2 N–H and O–H groups in total. The largest absolute Gasteiger partial charge is 0.384 e. The molecule has 8 nitrogen and oxygen atoms in total. The van der Waals surface area contributed by atoms with Gasteiger partial charge in [0.15, 0.2) is 5.41 Å². The highest BCUT2D eigenvalue weighted by atomic mass is 16.2. The predicted molar refractivity (Wildman–Crippen MR) is 67.3 cm³/mol. The van der Waals surface area contributed by atoms with Gasteiger partial charge in [0.25, 0.3) is 5.91 Å². The first-order valence-electron chi connectivity index (χ1n) is 6.01. The second-order valence-electron chi connectivity index (χ2n) is 5.20. The Kier molecular flexibility index (Phi) is 2.81. The van der Waals surface area contributed by atoms with Crippen LogP contribution in [0.3, 0.4) is 0 Å². The molecule has 0 spiro atoms. The van der Waals surface area contributed by atoms with E-state index in [9.17, 15) is 20.1 Å². The van der Waals surface area contributed by atoms with E-state index in [1.807, 2.05) is 12.1 Å². The normalized spacial score (nSPS) is 36.4. The van der Waals surface area contributed by atoms with Gasteiger partial charge in [-0.15, -0.1) is 0 Å². The van der Waals surface area contributed by atoms with Crippen molar-refractivity contribution in [3.8, 4) is 12.1 Å². The van der Waals surface area contributed by atoms with Gasteiger partial charge in [-0.2, -0.15) is 15.5 Å². The van der Waals surface area contributed by atoms with Crippen molar-refractivity contribution >= 4 is 17.6 Å². The van der Waals surface area contributed by atoms with E-state index in [0.717, 1.165) is 5.01 Å². The first-order chi connectivity index (χ1) is 9.29. The first-order valence-corrected chi connectivity index (χ1v) is 6.01. The number of nitriles is 2.